The Morgan fingerprint density at radius 1 is 0.708 bits per heavy atom. The van der Waals surface area contributed by atoms with Gasteiger partial charge in [-0.15, -0.1) is 0 Å². The van der Waals surface area contributed by atoms with Crippen molar-refractivity contribution < 1.29 is 4.42 Å². The number of imidazole rings is 1. The van der Waals surface area contributed by atoms with E-state index in [0.717, 1.165) is 62.1 Å². The fourth-order valence-electron chi connectivity index (χ4n) is 7.04. The first kappa shape index (κ1) is 29.7. The first-order valence-corrected chi connectivity index (χ1v) is 16.7. The Labute approximate surface area is 281 Å². The van der Waals surface area contributed by atoms with E-state index in [1.165, 1.54) is 21.9 Å². The SMILES string of the molecule is Cc1cc(-c2ccco2)c2c3ccccc3n(-c3ccc(-c4nccn4-c4c(C(C)C)cc(-c5ccccc5)nc4C(C)C)cc3)c2c1. The number of rotatable bonds is 7. The summed E-state index contributed by atoms with van der Waals surface area (Å²) in [6.07, 6.45) is 5.72. The van der Waals surface area contributed by atoms with Crippen molar-refractivity contribution in [3.63, 3.8) is 0 Å². The van der Waals surface area contributed by atoms with Gasteiger partial charge in [-0.25, -0.2) is 4.98 Å². The molecule has 0 saturated heterocycles. The lowest BCUT2D eigenvalue weighted by atomic mass is 9.94. The molecule has 0 aliphatic heterocycles. The normalized spacial score (nSPS) is 11.8. The van der Waals surface area contributed by atoms with Crippen LogP contribution in [0.4, 0.5) is 0 Å². The maximum atomic E-state index is 5.90. The number of nitrogens with zero attached hydrogens (tertiary/aromatic N) is 4. The largest absolute Gasteiger partial charge is 0.464 e. The van der Waals surface area contributed by atoms with E-state index in [1.807, 2.05) is 24.4 Å². The lowest BCUT2D eigenvalue weighted by Gasteiger charge is -2.22. The molecule has 0 N–H and O–H groups in total. The number of benzene rings is 4. The van der Waals surface area contributed by atoms with Gasteiger partial charge < -0.3 is 8.98 Å². The van der Waals surface area contributed by atoms with Crippen LogP contribution in [0.3, 0.4) is 0 Å². The van der Waals surface area contributed by atoms with Crippen LogP contribution in [0.1, 0.15) is 56.4 Å². The average molecular weight is 627 g/mol. The van der Waals surface area contributed by atoms with Gasteiger partial charge >= 0.3 is 0 Å². The molecule has 0 unspecified atom stereocenters. The molecule has 4 aromatic carbocycles. The van der Waals surface area contributed by atoms with Crippen molar-refractivity contribution in [1.82, 2.24) is 19.1 Å². The van der Waals surface area contributed by atoms with E-state index in [2.05, 4.69) is 141 Å². The molecule has 0 aliphatic carbocycles. The topological polar surface area (TPSA) is 48.8 Å². The zero-order chi connectivity index (χ0) is 32.9. The molecule has 8 aromatic rings. The van der Waals surface area contributed by atoms with Crippen molar-refractivity contribution >= 4 is 21.8 Å². The van der Waals surface area contributed by atoms with Gasteiger partial charge in [-0.3, -0.25) is 9.55 Å². The molecule has 0 radical (unpaired) electrons. The quantitative estimate of drug-likeness (QED) is 0.177. The second-order valence-electron chi connectivity index (χ2n) is 13.2. The Morgan fingerprint density at radius 2 is 1.48 bits per heavy atom. The van der Waals surface area contributed by atoms with Crippen LogP contribution in [0.25, 0.3) is 67.1 Å². The van der Waals surface area contributed by atoms with Crippen LogP contribution in [0.15, 0.2) is 132 Å². The van der Waals surface area contributed by atoms with Gasteiger partial charge in [-0.05, 0) is 90.6 Å². The van der Waals surface area contributed by atoms with Crippen LogP contribution in [-0.4, -0.2) is 19.1 Å². The number of aromatic nitrogens is 4. The van der Waals surface area contributed by atoms with Crippen molar-refractivity contribution in [1.29, 1.82) is 0 Å². The second-order valence-corrected chi connectivity index (χ2v) is 13.2. The monoisotopic (exact) mass is 626 g/mol. The third kappa shape index (κ3) is 4.94. The summed E-state index contributed by atoms with van der Waals surface area (Å²) in [5.41, 5.74) is 12.4. The highest BCUT2D eigenvalue weighted by atomic mass is 16.3. The number of para-hydroxylation sites is 1. The number of hydrogen-bond acceptors (Lipinski definition) is 3. The van der Waals surface area contributed by atoms with E-state index in [9.17, 15) is 0 Å². The standard InChI is InChI=1S/C43H38N4O/c1-27(2)34-26-36(30-12-7-6-8-13-30)45-41(28(3)4)42(34)46-22-21-44-43(46)31-17-19-32(20-18-31)47-37-15-10-9-14-33(37)40-35(39-16-11-23-48-39)24-29(5)25-38(40)47/h6-28H,1-5H3. The van der Waals surface area contributed by atoms with Crippen LogP contribution >= 0.6 is 0 Å². The Morgan fingerprint density at radius 3 is 2.21 bits per heavy atom. The molecule has 0 spiro atoms. The number of pyridine rings is 1. The third-order valence-corrected chi connectivity index (χ3v) is 9.26. The molecule has 0 bridgehead atoms. The molecule has 4 heterocycles. The fraction of sp³-hybridized carbons (Fsp3) is 0.163. The summed E-state index contributed by atoms with van der Waals surface area (Å²) in [4.78, 5) is 10.2. The van der Waals surface area contributed by atoms with Gasteiger partial charge in [-0.1, -0.05) is 76.2 Å². The summed E-state index contributed by atoms with van der Waals surface area (Å²) < 4.78 is 10.5. The lowest BCUT2D eigenvalue weighted by Crippen LogP contribution is -2.11. The minimum absolute atomic E-state index is 0.226. The molecule has 48 heavy (non-hydrogen) atoms. The van der Waals surface area contributed by atoms with Gasteiger partial charge in [0.2, 0.25) is 0 Å². The molecule has 236 valence electrons. The summed E-state index contributed by atoms with van der Waals surface area (Å²) in [6.45, 7) is 11.1. The predicted molar refractivity (Wildman–Crippen MR) is 197 cm³/mol. The smallest absolute Gasteiger partial charge is 0.144 e. The molecular weight excluding hydrogens is 589 g/mol. The zero-order valence-corrected chi connectivity index (χ0v) is 28.0. The number of aryl methyl sites for hydroxylation is 1. The van der Waals surface area contributed by atoms with E-state index in [1.54, 1.807) is 6.26 Å². The van der Waals surface area contributed by atoms with E-state index in [4.69, 9.17) is 14.4 Å². The van der Waals surface area contributed by atoms with Crippen molar-refractivity contribution in [3.8, 4) is 45.3 Å². The van der Waals surface area contributed by atoms with Gasteiger partial charge in [0.05, 0.1) is 34.4 Å². The summed E-state index contributed by atoms with van der Waals surface area (Å²) >= 11 is 0. The highest BCUT2D eigenvalue weighted by Crippen LogP contribution is 2.40. The minimum atomic E-state index is 0.226. The minimum Gasteiger partial charge on any atom is -0.464 e. The van der Waals surface area contributed by atoms with Gasteiger partial charge in [0.25, 0.3) is 0 Å². The molecule has 0 atom stereocenters. The maximum absolute atomic E-state index is 5.90. The van der Waals surface area contributed by atoms with Crippen LogP contribution < -0.4 is 0 Å². The summed E-state index contributed by atoms with van der Waals surface area (Å²) in [7, 11) is 0. The van der Waals surface area contributed by atoms with Crippen LogP contribution in [0, 0.1) is 6.92 Å². The third-order valence-electron chi connectivity index (χ3n) is 9.26. The molecule has 5 nitrogen and oxygen atoms in total. The lowest BCUT2D eigenvalue weighted by molar-refractivity contribution is 0.583. The van der Waals surface area contributed by atoms with Crippen LogP contribution in [0.2, 0.25) is 0 Å². The fourth-order valence-corrected chi connectivity index (χ4v) is 7.04. The molecule has 0 amide bonds. The van der Waals surface area contributed by atoms with Gasteiger partial charge in [-0.2, -0.15) is 0 Å². The average Bonchev–Trinajstić information content (AvgIpc) is 3.88. The summed E-state index contributed by atoms with van der Waals surface area (Å²) in [5.74, 6) is 2.30. The number of hydrogen-bond donors (Lipinski definition) is 0. The Hall–Kier alpha value is -5.68. The van der Waals surface area contributed by atoms with Crippen LogP contribution in [0.5, 0.6) is 0 Å². The molecule has 0 fully saturated rings. The summed E-state index contributed by atoms with van der Waals surface area (Å²) in [6, 6.07) is 38.6. The van der Waals surface area contributed by atoms with Crippen molar-refractivity contribution in [2.45, 2.75) is 46.5 Å². The predicted octanol–water partition coefficient (Wildman–Crippen LogP) is 11.5. The van der Waals surface area contributed by atoms with E-state index < -0.39 is 0 Å². The first-order chi connectivity index (χ1) is 23.4. The molecular formula is C43H38N4O. The highest BCUT2D eigenvalue weighted by molar-refractivity contribution is 6.15. The Kier molecular flexibility index (Phi) is 7.33. The van der Waals surface area contributed by atoms with E-state index >= 15 is 0 Å². The highest BCUT2D eigenvalue weighted by Gasteiger charge is 2.23. The Balaban J connectivity index is 1.27. The first-order valence-electron chi connectivity index (χ1n) is 16.7. The second kappa shape index (κ2) is 11.8. The Bertz CT molecular complexity index is 2360. The molecule has 8 rings (SSSR count). The van der Waals surface area contributed by atoms with Crippen molar-refractivity contribution in [3.05, 3.63) is 145 Å². The van der Waals surface area contributed by atoms with Crippen molar-refractivity contribution in [2.75, 3.05) is 0 Å². The van der Waals surface area contributed by atoms with Gasteiger partial charge in [0.1, 0.15) is 11.6 Å². The van der Waals surface area contributed by atoms with Crippen molar-refractivity contribution in [2.24, 2.45) is 0 Å². The molecule has 0 saturated carbocycles. The molecule has 4 aromatic heterocycles. The number of furan rings is 1. The summed E-state index contributed by atoms with van der Waals surface area (Å²) in [5, 5.41) is 2.40. The maximum Gasteiger partial charge on any atom is 0.144 e. The molecule has 0 aliphatic rings. The number of fused-ring (bicyclic) bond motifs is 3. The molecule has 5 heteroatoms. The van der Waals surface area contributed by atoms with Gasteiger partial charge in [0.15, 0.2) is 0 Å². The zero-order valence-electron chi connectivity index (χ0n) is 28.0. The van der Waals surface area contributed by atoms with E-state index in [0.29, 0.717) is 5.92 Å². The van der Waals surface area contributed by atoms with E-state index in [-0.39, 0.29) is 5.92 Å². The van der Waals surface area contributed by atoms with Crippen LogP contribution in [-0.2, 0) is 0 Å². The van der Waals surface area contributed by atoms with Gasteiger partial charge in [0, 0.05) is 45.5 Å².